The Labute approximate surface area is 110 Å². The molecule has 2 aromatic rings. The lowest BCUT2D eigenvalue weighted by atomic mass is 10.0. The van der Waals surface area contributed by atoms with E-state index in [-0.39, 0.29) is 0 Å². The van der Waals surface area contributed by atoms with Crippen LogP contribution in [0.5, 0.6) is 0 Å². The van der Waals surface area contributed by atoms with Crippen molar-refractivity contribution < 1.29 is 0 Å². The zero-order valence-corrected chi connectivity index (χ0v) is 11.4. The van der Waals surface area contributed by atoms with E-state index < -0.39 is 0 Å². The van der Waals surface area contributed by atoms with Gasteiger partial charge in [0.1, 0.15) is 0 Å². The van der Waals surface area contributed by atoms with Crippen LogP contribution in [-0.4, -0.2) is 9.81 Å². The number of rotatable bonds is 4. The number of hydrogen-bond donors (Lipinski definition) is 0. The Morgan fingerprint density at radius 1 is 1.29 bits per heavy atom. The summed E-state index contributed by atoms with van der Waals surface area (Å²) in [5.41, 5.74) is 1.45. The van der Waals surface area contributed by atoms with Crippen LogP contribution in [0.15, 0.2) is 36.7 Å². The summed E-state index contributed by atoms with van der Waals surface area (Å²) in [6.45, 7) is 0. The SMILES string of the molecule is BrC(CCc1cccc2cnccc12)C1CC1. The molecule has 0 bridgehead atoms. The molecule has 1 aromatic heterocycles. The van der Waals surface area contributed by atoms with Gasteiger partial charge in [0, 0.05) is 22.6 Å². The third-order valence-corrected chi connectivity index (χ3v) is 4.80. The highest BCUT2D eigenvalue weighted by atomic mass is 79.9. The maximum atomic E-state index is 4.18. The average Bonchev–Trinajstić information content (AvgIpc) is 3.20. The molecule has 0 aliphatic heterocycles. The lowest BCUT2D eigenvalue weighted by molar-refractivity contribution is 0.698. The van der Waals surface area contributed by atoms with E-state index in [2.05, 4.69) is 45.2 Å². The Kier molecular flexibility index (Phi) is 3.15. The van der Waals surface area contributed by atoms with Gasteiger partial charge in [-0.15, -0.1) is 0 Å². The molecule has 17 heavy (non-hydrogen) atoms. The molecule has 0 amide bonds. The standard InChI is InChI=1S/C15H16BrN/c16-15(12-4-5-12)7-6-11-2-1-3-13-10-17-9-8-14(11)13/h1-3,8-10,12,15H,4-7H2. The molecule has 1 nitrogen and oxygen atoms in total. The van der Waals surface area contributed by atoms with E-state index in [1.807, 2.05) is 12.4 Å². The highest BCUT2D eigenvalue weighted by molar-refractivity contribution is 9.09. The third kappa shape index (κ3) is 2.52. The highest BCUT2D eigenvalue weighted by Gasteiger charge is 2.28. The van der Waals surface area contributed by atoms with Gasteiger partial charge in [-0.05, 0) is 48.6 Å². The smallest absolute Gasteiger partial charge is 0.0346 e. The minimum absolute atomic E-state index is 0.708. The van der Waals surface area contributed by atoms with Crippen molar-refractivity contribution in [2.24, 2.45) is 5.92 Å². The van der Waals surface area contributed by atoms with Gasteiger partial charge in [0.25, 0.3) is 0 Å². The quantitative estimate of drug-likeness (QED) is 0.763. The summed E-state index contributed by atoms with van der Waals surface area (Å²) in [4.78, 5) is 4.89. The first kappa shape index (κ1) is 11.2. The van der Waals surface area contributed by atoms with Crippen LogP contribution < -0.4 is 0 Å². The molecule has 2 heteroatoms. The Morgan fingerprint density at radius 3 is 3.00 bits per heavy atom. The fourth-order valence-electron chi connectivity index (χ4n) is 2.39. The lowest BCUT2D eigenvalue weighted by Crippen LogP contribution is -2.02. The van der Waals surface area contributed by atoms with Crippen molar-refractivity contribution >= 4 is 26.7 Å². The van der Waals surface area contributed by atoms with E-state index in [1.165, 1.54) is 35.6 Å². The van der Waals surface area contributed by atoms with E-state index in [0.717, 1.165) is 12.3 Å². The Hall–Kier alpha value is -0.890. The van der Waals surface area contributed by atoms with Crippen molar-refractivity contribution in [3.05, 3.63) is 42.2 Å². The molecule has 1 fully saturated rings. The van der Waals surface area contributed by atoms with Crippen LogP contribution in [0.25, 0.3) is 10.8 Å². The molecule has 1 atom stereocenters. The number of alkyl halides is 1. The van der Waals surface area contributed by atoms with E-state index in [1.54, 1.807) is 0 Å². The molecule has 1 aliphatic rings. The van der Waals surface area contributed by atoms with E-state index in [9.17, 15) is 0 Å². The Bertz CT molecular complexity index is 514. The zero-order valence-electron chi connectivity index (χ0n) is 9.77. The molecule has 0 radical (unpaired) electrons. The summed E-state index contributed by atoms with van der Waals surface area (Å²) in [5.74, 6) is 0.937. The van der Waals surface area contributed by atoms with Crippen molar-refractivity contribution in [2.75, 3.05) is 0 Å². The van der Waals surface area contributed by atoms with Crippen molar-refractivity contribution in [1.29, 1.82) is 0 Å². The number of fused-ring (bicyclic) bond motifs is 1. The number of aromatic nitrogens is 1. The average molecular weight is 290 g/mol. The summed E-state index contributed by atoms with van der Waals surface area (Å²) in [7, 11) is 0. The van der Waals surface area contributed by atoms with Crippen LogP contribution >= 0.6 is 15.9 Å². The largest absolute Gasteiger partial charge is 0.264 e. The Balaban J connectivity index is 1.79. The molecule has 1 unspecified atom stereocenters. The molecule has 1 aliphatic carbocycles. The molecule has 0 N–H and O–H groups in total. The highest BCUT2D eigenvalue weighted by Crippen LogP contribution is 2.38. The number of pyridine rings is 1. The first-order valence-electron chi connectivity index (χ1n) is 6.30. The summed E-state index contributed by atoms with van der Waals surface area (Å²) in [5, 5.41) is 2.61. The van der Waals surface area contributed by atoms with Crippen LogP contribution in [0, 0.1) is 5.92 Å². The van der Waals surface area contributed by atoms with Crippen LogP contribution in [0.2, 0.25) is 0 Å². The normalized spacial score (nSPS) is 17.2. The molecule has 1 aromatic carbocycles. The molecule has 0 saturated heterocycles. The number of hydrogen-bond acceptors (Lipinski definition) is 1. The lowest BCUT2D eigenvalue weighted by Gasteiger charge is -2.10. The number of halogens is 1. The van der Waals surface area contributed by atoms with E-state index >= 15 is 0 Å². The predicted octanol–water partition coefficient (Wildman–Crippen LogP) is 4.34. The number of benzene rings is 1. The molecule has 3 rings (SSSR count). The van der Waals surface area contributed by atoms with Gasteiger partial charge in [0.15, 0.2) is 0 Å². The topological polar surface area (TPSA) is 12.9 Å². The minimum atomic E-state index is 0.708. The maximum Gasteiger partial charge on any atom is 0.0346 e. The zero-order chi connectivity index (χ0) is 11.7. The van der Waals surface area contributed by atoms with Crippen LogP contribution in [0.4, 0.5) is 0 Å². The fraction of sp³-hybridized carbons (Fsp3) is 0.400. The number of aryl methyl sites for hydroxylation is 1. The monoisotopic (exact) mass is 289 g/mol. The first-order chi connectivity index (χ1) is 8.34. The predicted molar refractivity (Wildman–Crippen MR) is 75.5 cm³/mol. The maximum absolute atomic E-state index is 4.18. The fourth-order valence-corrected chi connectivity index (χ4v) is 3.15. The molecular weight excluding hydrogens is 274 g/mol. The van der Waals surface area contributed by atoms with Gasteiger partial charge in [-0.1, -0.05) is 34.1 Å². The van der Waals surface area contributed by atoms with Gasteiger partial charge in [0.2, 0.25) is 0 Å². The Morgan fingerprint density at radius 2 is 2.18 bits per heavy atom. The summed E-state index contributed by atoms with van der Waals surface area (Å²) < 4.78 is 0. The number of nitrogens with zero attached hydrogens (tertiary/aromatic N) is 1. The van der Waals surface area contributed by atoms with E-state index in [4.69, 9.17) is 0 Å². The van der Waals surface area contributed by atoms with Crippen LogP contribution in [-0.2, 0) is 6.42 Å². The van der Waals surface area contributed by atoms with Gasteiger partial charge in [-0.2, -0.15) is 0 Å². The summed E-state index contributed by atoms with van der Waals surface area (Å²) in [6.07, 6.45) is 9.06. The van der Waals surface area contributed by atoms with Gasteiger partial charge in [-0.3, -0.25) is 4.98 Å². The first-order valence-corrected chi connectivity index (χ1v) is 7.22. The molecule has 88 valence electrons. The van der Waals surface area contributed by atoms with E-state index in [0.29, 0.717) is 4.83 Å². The molecular formula is C15H16BrN. The summed E-state index contributed by atoms with van der Waals surface area (Å²) >= 11 is 3.81. The van der Waals surface area contributed by atoms with Gasteiger partial charge in [-0.25, -0.2) is 0 Å². The van der Waals surface area contributed by atoms with Crippen molar-refractivity contribution in [3.8, 4) is 0 Å². The van der Waals surface area contributed by atoms with Crippen molar-refractivity contribution in [3.63, 3.8) is 0 Å². The van der Waals surface area contributed by atoms with Gasteiger partial charge >= 0.3 is 0 Å². The van der Waals surface area contributed by atoms with Crippen molar-refractivity contribution in [1.82, 2.24) is 4.98 Å². The second-order valence-electron chi connectivity index (χ2n) is 4.91. The third-order valence-electron chi connectivity index (χ3n) is 3.59. The minimum Gasteiger partial charge on any atom is -0.264 e. The van der Waals surface area contributed by atoms with Crippen LogP contribution in [0.3, 0.4) is 0 Å². The second-order valence-corrected chi connectivity index (χ2v) is 6.08. The van der Waals surface area contributed by atoms with Gasteiger partial charge in [0.05, 0.1) is 0 Å². The molecule has 0 spiro atoms. The van der Waals surface area contributed by atoms with Gasteiger partial charge < -0.3 is 0 Å². The second kappa shape index (κ2) is 4.77. The van der Waals surface area contributed by atoms with Crippen molar-refractivity contribution in [2.45, 2.75) is 30.5 Å². The molecule has 1 saturated carbocycles. The molecule has 1 heterocycles. The summed E-state index contributed by atoms with van der Waals surface area (Å²) in [6, 6.07) is 8.65. The van der Waals surface area contributed by atoms with Crippen LogP contribution in [0.1, 0.15) is 24.8 Å².